The number of oxime groups is 1. The zero-order valence-electron chi connectivity index (χ0n) is 11.5. The van der Waals surface area contributed by atoms with Crippen LogP contribution in [0, 0.1) is 6.92 Å². The van der Waals surface area contributed by atoms with E-state index in [4.69, 9.17) is 10.9 Å². The topological polar surface area (TPSA) is 144 Å². The maximum Gasteiger partial charge on any atom is 0.339 e. The van der Waals surface area contributed by atoms with Gasteiger partial charge < -0.3 is 10.9 Å². The number of nitrogens with one attached hydrogen (secondary N) is 1. The molecule has 2 aromatic rings. The van der Waals surface area contributed by atoms with E-state index in [1.54, 1.807) is 21.0 Å². The van der Waals surface area contributed by atoms with Gasteiger partial charge in [-0.15, -0.1) is 0 Å². The largest absolute Gasteiger partial charge is 0.409 e. The first kappa shape index (κ1) is 14.8. The molecule has 0 aliphatic heterocycles. The third-order valence-electron chi connectivity index (χ3n) is 2.67. The Bertz CT molecular complexity index is 832. The van der Waals surface area contributed by atoms with Gasteiger partial charge in [0.15, 0.2) is 11.0 Å². The highest BCUT2D eigenvalue weighted by Crippen LogP contribution is 2.29. The van der Waals surface area contributed by atoms with E-state index in [9.17, 15) is 9.59 Å². The summed E-state index contributed by atoms with van der Waals surface area (Å²) in [6.07, 6.45) is 0. The fourth-order valence-corrected chi connectivity index (χ4v) is 2.75. The fraction of sp³-hybridized carbons (Fsp3) is 0.300. The minimum absolute atomic E-state index is 0.0995. The summed E-state index contributed by atoms with van der Waals surface area (Å²) in [6, 6.07) is 0. The van der Waals surface area contributed by atoms with Gasteiger partial charge in [-0.1, -0.05) is 5.16 Å². The molecule has 2 heterocycles. The molecule has 11 heteroatoms. The van der Waals surface area contributed by atoms with E-state index in [-0.39, 0.29) is 11.0 Å². The van der Waals surface area contributed by atoms with Crippen molar-refractivity contribution in [3.05, 3.63) is 32.0 Å². The van der Waals surface area contributed by atoms with Crippen LogP contribution in [0.25, 0.3) is 0 Å². The van der Waals surface area contributed by atoms with Gasteiger partial charge in [0, 0.05) is 14.1 Å². The van der Waals surface area contributed by atoms with Crippen LogP contribution in [0.3, 0.4) is 0 Å². The zero-order valence-corrected chi connectivity index (χ0v) is 12.3. The predicted octanol–water partition coefficient (Wildman–Crippen LogP) is -1.24. The van der Waals surface area contributed by atoms with E-state index in [1.165, 1.54) is 9.36 Å². The number of nitrogens with two attached hydrogens (primary N) is 1. The van der Waals surface area contributed by atoms with Crippen LogP contribution in [-0.4, -0.2) is 35.6 Å². The molecule has 0 amide bonds. The van der Waals surface area contributed by atoms with Gasteiger partial charge in [0.05, 0.1) is 11.3 Å². The lowest BCUT2D eigenvalue weighted by Gasteiger charge is -2.07. The summed E-state index contributed by atoms with van der Waals surface area (Å²) in [5.74, 6) is -0.0995. The summed E-state index contributed by atoms with van der Waals surface area (Å²) in [4.78, 5) is 26.2. The summed E-state index contributed by atoms with van der Waals surface area (Å²) >= 11 is 1.07. The molecule has 112 valence electrons. The molecule has 0 atom stereocenters. The first-order valence-corrected chi connectivity index (χ1v) is 6.53. The highest BCUT2D eigenvalue weighted by atomic mass is 32.2. The summed E-state index contributed by atoms with van der Waals surface area (Å²) in [6.45, 7) is 1.71. The molecule has 0 radical (unpaired) electrons. The highest BCUT2D eigenvalue weighted by Gasteiger charge is 2.20. The van der Waals surface area contributed by atoms with E-state index in [0.717, 1.165) is 11.8 Å². The predicted molar refractivity (Wildman–Crippen MR) is 74.7 cm³/mol. The lowest BCUT2D eigenvalue weighted by atomic mass is 10.2. The van der Waals surface area contributed by atoms with Crippen LogP contribution >= 0.6 is 11.8 Å². The Morgan fingerprint density at radius 2 is 2.10 bits per heavy atom. The molecule has 0 aliphatic rings. The van der Waals surface area contributed by atoms with Gasteiger partial charge in [0.1, 0.15) is 5.03 Å². The number of hydrogen-bond donors (Lipinski definition) is 3. The van der Waals surface area contributed by atoms with Crippen molar-refractivity contribution in [3.8, 4) is 0 Å². The van der Waals surface area contributed by atoms with Crippen LogP contribution < -0.4 is 16.9 Å². The Morgan fingerprint density at radius 3 is 2.71 bits per heavy atom. The van der Waals surface area contributed by atoms with E-state index in [2.05, 4.69) is 20.3 Å². The molecule has 0 bridgehead atoms. The van der Waals surface area contributed by atoms with Crippen molar-refractivity contribution in [2.24, 2.45) is 25.0 Å². The van der Waals surface area contributed by atoms with Crippen LogP contribution in [0.1, 0.15) is 11.3 Å². The van der Waals surface area contributed by atoms with Gasteiger partial charge in [-0.3, -0.25) is 24.1 Å². The molecule has 0 fully saturated rings. The van der Waals surface area contributed by atoms with Crippen LogP contribution in [0.2, 0.25) is 0 Å². The maximum absolute atomic E-state index is 11.4. The van der Waals surface area contributed by atoms with Crippen LogP contribution in [-0.2, 0) is 14.1 Å². The lowest BCUT2D eigenvalue weighted by Crippen LogP contribution is -2.33. The Labute approximate surface area is 122 Å². The smallest absolute Gasteiger partial charge is 0.339 e. The SMILES string of the molecule is Cc1nn(C)c(Sc2nc(=O)c(=O)[nH]n2C)c1C(N)=NO. The molecule has 0 aromatic carbocycles. The van der Waals surface area contributed by atoms with Crippen LogP contribution in [0.4, 0.5) is 0 Å². The van der Waals surface area contributed by atoms with Crippen molar-refractivity contribution in [1.82, 2.24) is 24.5 Å². The molecule has 2 rings (SSSR count). The lowest BCUT2D eigenvalue weighted by molar-refractivity contribution is 0.318. The highest BCUT2D eigenvalue weighted by molar-refractivity contribution is 7.99. The molecular formula is C10H13N7O3S. The van der Waals surface area contributed by atoms with Crippen LogP contribution in [0.15, 0.2) is 24.9 Å². The normalized spacial score (nSPS) is 11.9. The van der Waals surface area contributed by atoms with Crippen molar-refractivity contribution >= 4 is 17.6 Å². The molecule has 2 aromatic heterocycles. The van der Waals surface area contributed by atoms with Gasteiger partial charge >= 0.3 is 11.1 Å². The Hall–Kier alpha value is -2.56. The molecule has 4 N–H and O–H groups in total. The van der Waals surface area contributed by atoms with Gasteiger partial charge in [0.2, 0.25) is 0 Å². The monoisotopic (exact) mass is 311 g/mol. The number of nitrogens with zero attached hydrogens (tertiary/aromatic N) is 5. The minimum Gasteiger partial charge on any atom is -0.409 e. The minimum atomic E-state index is -0.889. The molecule has 21 heavy (non-hydrogen) atoms. The fourth-order valence-electron chi connectivity index (χ4n) is 1.74. The second-order valence-electron chi connectivity index (χ2n) is 4.18. The summed E-state index contributed by atoms with van der Waals surface area (Å²) in [7, 11) is 3.22. The molecular weight excluding hydrogens is 298 g/mol. The second-order valence-corrected chi connectivity index (χ2v) is 5.13. The first-order valence-electron chi connectivity index (χ1n) is 5.71. The maximum atomic E-state index is 11.4. The molecule has 0 saturated heterocycles. The number of aromatic nitrogens is 5. The van der Waals surface area contributed by atoms with E-state index in [0.29, 0.717) is 16.3 Å². The van der Waals surface area contributed by atoms with Crippen molar-refractivity contribution in [1.29, 1.82) is 0 Å². The number of aryl methyl sites for hydroxylation is 3. The summed E-state index contributed by atoms with van der Waals surface area (Å²) in [5.41, 5.74) is 4.94. The quantitative estimate of drug-likeness (QED) is 0.211. The average Bonchev–Trinajstić information content (AvgIpc) is 2.69. The number of hydrogen-bond acceptors (Lipinski definition) is 7. The standard InChI is InChI=1S/C10H13N7O3S/c1-4-5(6(11)15-20)9(16(2)13-4)21-10-12-7(18)8(19)14-17(10)3/h20H,1-3H3,(H2,11,15)(H,14,19). The second kappa shape index (κ2) is 5.44. The van der Waals surface area contributed by atoms with E-state index >= 15 is 0 Å². The molecule has 0 spiro atoms. The van der Waals surface area contributed by atoms with E-state index in [1.807, 2.05) is 0 Å². The first-order chi connectivity index (χ1) is 9.85. The zero-order chi connectivity index (χ0) is 15.7. The number of rotatable bonds is 3. The number of aromatic amines is 1. The van der Waals surface area contributed by atoms with Gasteiger partial charge in [-0.05, 0) is 18.7 Å². The Balaban J connectivity index is 2.57. The number of H-pyrrole nitrogens is 1. The Morgan fingerprint density at radius 1 is 1.43 bits per heavy atom. The van der Waals surface area contributed by atoms with Crippen molar-refractivity contribution in [2.75, 3.05) is 0 Å². The Kier molecular flexibility index (Phi) is 3.84. The van der Waals surface area contributed by atoms with Gasteiger partial charge in [0.25, 0.3) is 0 Å². The molecule has 10 nitrogen and oxygen atoms in total. The summed E-state index contributed by atoms with van der Waals surface area (Å²) < 4.78 is 2.83. The molecule has 0 unspecified atom stereocenters. The van der Waals surface area contributed by atoms with E-state index < -0.39 is 11.1 Å². The third-order valence-corrected chi connectivity index (χ3v) is 3.88. The third kappa shape index (κ3) is 2.67. The van der Waals surface area contributed by atoms with Crippen molar-refractivity contribution in [3.63, 3.8) is 0 Å². The van der Waals surface area contributed by atoms with Crippen molar-refractivity contribution < 1.29 is 5.21 Å². The van der Waals surface area contributed by atoms with Crippen LogP contribution in [0.5, 0.6) is 0 Å². The van der Waals surface area contributed by atoms with Gasteiger partial charge in [-0.2, -0.15) is 10.1 Å². The molecule has 0 saturated carbocycles. The summed E-state index contributed by atoms with van der Waals surface area (Å²) in [5, 5.41) is 19.1. The average molecular weight is 311 g/mol. The number of amidine groups is 1. The van der Waals surface area contributed by atoms with Crippen molar-refractivity contribution in [2.45, 2.75) is 17.1 Å². The molecule has 0 aliphatic carbocycles. The van der Waals surface area contributed by atoms with Gasteiger partial charge in [-0.25, -0.2) is 0 Å².